The van der Waals surface area contributed by atoms with Crippen molar-refractivity contribution >= 4 is 11.9 Å². The van der Waals surface area contributed by atoms with Gasteiger partial charge in [-0.3, -0.25) is 9.59 Å². The van der Waals surface area contributed by atoms with Crippen molar-refractivity contribution in [2.24, 2.45) is 5.73 Å². The lowest BCUT2D eigenvalue weighted by Gasteiger charge is -2.07. The van der Waals surface area contributed by atoms with Crippen molar-refractivity contribution < 1.29 is 19.4 Å². The molecule has 0 radical (unpaired) electrons. The third kappa shape index (κ3) is 7.02. The van der Waals surface area contributed by atoms with Crippen molar-refractivity contribution in [3.05, 3.63) is 12.7 Å². The van der Waals surface area contributed by atoms with E-state index in [9.17, 15) is 9.59 Å². The molecule has 1 atom stereocenters. The highest BCUT2D eigenvalue weighted by Crippen LogP contribution is 1.97. The molecule has 0 aromatic heterocycles. The van der Waals surface area contributed by atoms with Crippen molar-refractivity contribution in [2.75, 3.05) is 6.61 Å². The standard InChI is InChI=1S/C8H13NO4/c1-2-3-13-8(12)5-6(9)4-7(10)11/h2,6H,1,3-5,9H2,(H,10,11). The van der Waals surface area contributed by atoms with Crippen LogP contribution < -0.4 is 5.73 Å². The lowest BCUT2D eigenvalue weighted by Crippen LogP contribution is -2.27. The molecule has 3 N–H and O–H groups in total. The molecule has 5 nitrogen and oxygen atoms in total. The molecule has 5 heteroatoms. The zero-order valence-corrected chi connectivity index (χ0v) is 7.23. The van der Waals surface area contributed by atoms with Crippen LogP contribution >= 0.6 is 0 Å². The van der Waals surface area contributed by atoms with Gasteiger partial charge in [0.2, 0.25) is 0 Å². The van der Waals surface area contributed by atoms with Crippen molar-refractivity contribution in [3.63, 3.8) is 0 Å². The van der Waals surface area contributed by atoms with E-state index in [-0.39, 0.29) is 19.4 Å². The highest BCUT2D eigenvalue weighted by molar-refractivity contribution is 5.72. The zero-order valence-electron chi connectivity index (χ0n) is 7.23. The summed E-state index contributed by atoms with van der Waals surface area (Å²) in [5.41, 5.74) is 5.34. The number of rotatable bonds is 6. The Morgan fingerprint density at radius 2 is 2.15 bits per heavy atom. The Balaban J connectivity index is 3.64. The van der Waals surface area contributed by atoms with Gasteiger partial charge in [0.05, 0.1) is 12.8 Å². The maximum atomic E-state index is 10.9. The average Bonchev–Trinajstić information content (AvgIpc) is 1.98. The molecular formula is C8H13NO4. The fourth-order valence-corrected chi connectivity index (χ4v) is 0.721. The van der Waals surface area contributed by atoms with Gasteiger partial charge >= 0.3 is 11.9 Å². The van der Waals surface area contributed by atoms with Gasteiger partial charge in [-0.1, -0.05) is 12.7 Å². The summed E-state index contributed by atoms with van der Waals surface area (Å²) in [6.45, 7) is 3.48. The third-order valence-corrected chi connectivity index (χ3v) is 1.23. The van der Waals surface area contributed by atoms with Crippen LogP contribution in [0, 0.1) is 0 Å². The number of aliphatic carboxylic acids is 1. The van der Waals surface area contributed by atoms with Gasteiger partial charge in [-0.2, -0.15) is 0 Å². The number of nitrogens with two attached hydrogens (primary N) is 1. The number of esters is 1. The normalized spacial score (nSPS) is 11.8. The number of carboxylic acid groups (broad SMARTS) is 1. The molecule has 0 aliphatic carbocycles. The SMILES string of the molecule is C=CCOC(=O)CC(N)CC(=O)O. The summed E-state index contributed by atoms with van der Waals surface area (Å²) >= 11 is 0. The molecule has 0 bridgehead atoms. The monoisotopic (exact) mass is 187 g/mol. The van der Waals surface area contributed by atoms with Gasteiger partial charge in [0.15, 0.2) is 0 Å². The molecule has 74 valence electrons. The summed E-state index contributed by atoms with van der Waals surface area (Å²) in [6.07, 6.45) is 1.12. The van der Waals surface area contributed by atoms with Crippen LogP contribution in [-0.2, 0) is 14.3 Å². The lowest BCUT2D eigenvalue weighted by atomic mass is 10.1. The van der Waals surface area contributed by atoms with E-state index in [2.05, 4.69) is 11.3 Å². The molecule has 0 heterocycles. The Bertz CT molecular complexity index is 202. The second-order valence-corrected chi connectivity index (χ2v) is 2.53. The van der Waals surface area contributed by atoms with Gasteiger partial charge in [0.25, 0.3) is 0 Å². The quantitative estimate of drug-likeness (QED) is 0.448. The molecule has 0 amide bonds. The lowest BCUT2D eigenvalue weighted by molar-refractivity contribution is -0.143. The first-order chi connectivity index (χ1) is 6.06. The topological polar surface area (TPSA) is 89.6 Å². The predicted molar refractivity (Wildman–Crippen MR) is 46.0 cm³/mol. The molecular weight excluding hydrogens is 174 g/mol. The van der Waals surface area contributed by atoms with Crippen LogP contribution in [0.2, 0.25) is 0 Å². The highest BCUT2D eigenvalue weighted by atomic mass is 16.5. The molecule has 0 aromatic rings. The minimum Gasteiger partial charge on any atom is -0.481 e. The Kier molecular flexibility index (Phi) is 5.54. The summed E-state index contributed by atoms with van der Waals surface area (Å²) in [6, 6.07) is -0.685. The minimum absolute atomic E-state index is 0.0832. The van der Waals surface area contributed by atoms with Crippen LogP contribution in [0.4, 0.5) is 0 Å². The third-order valence-electron chi connectivity index (χ3n) is 1.23. The van der Waals surface area contributed by atoms with Crippen LogP contribution in [0.3, 0.4) is 0 Å². The first-order valence-electron chi connectivity index (χ1n) is 3.80. The van der Waals surface area contributed by atoms with Gasteiger partial charge in [-0.15, -0.1) is 0 Å². The first kappa shape index (κ1) is 11.6. The second-order valence-electron chi connectivity index (χ2n) is 2.53. The zero-order chi connectivity index (χ0) is 10.3. The number of carboxylic acids is 1. The van der Waals surface area contributed by atoms with E-state index in [0.29, 0.717) is 0 Å². The van der Waals surface area contributed by atoms with Crippen molar-refractivity contribution in [2.45, 2.75) is 18.9 Å². The van der Waals surface area contributed by atoms with Crippen LogP contribution in [0.5, 0.6) is 0 Å². The van der Waals surface area contributed by atoms with E-state index in [4.69, 9.17) is 10.8 Å². The van der Waals surface area contributed by atoms with E-state index >= 15 is 0 Å². The average molecular weight is 187 g/mol. The van der Waals surface area contributed by atoms with Crippen LogP contribution in [0.1, 0.15) is 12.8 Å². The Labute approximate surface area is 76.2 Å². The molecule has 1 unspecified atom stereocenters. The van der Waals surface area contributed by atoms with E-state index in [1.807, 2.05) is 0 Å². The summed E-state index contributed by atoms with van der Waals surface area (Å²) in [5.74, 6) is -1.53. The summed E-state index contributed by atoms with van der Waals surface area (Å²) in [7, 11) is 0. The molecule has 0 rings (SSSR count). The molecule has 0 aliphatic heterocycles. The van der Waals surface area contributed by atoms with Crippen molar-refractivity contribution in [1.82, 2.24) is 0 Å². The van der Waals surface area contributed by atoms with Gasteiger partial charge < -0.3 is 15.6 Å². The number of carbonyl (C=O) groups excluding carboxylic acids is 1. The van der Waals surface area contributed by atoms with Gasteiger partial charge in [0.1, 0.15) is 6.61 Å². The number of hydrogen-bond donors (Lipinski definition) is 2. The molecule has 13 heavy (non-hydrogen) atoms. The molecule has 0 fully saturated rings. The molecule has 0 saturated heterocycles. The van der Waals surface area contributed by atoms with E-state index in [0.717, 1.165) is 0 Å². The van der Waals surface area contributed by atoms with E-state index < -0.39 is 18.0 Å². The second kappa shape index (κ2) is 6.19. The highest BCUT2D eigenvalue weighted by Gasteiger charge is 2.13. The fraction of sp³-hybridized carbons (Fsp3) is 0.500. The maximum Gasteiger partial charge on any atom is 0.307 e. The van der Waals surface area contributed by atoms with Gasteiger partial charge in [-0.05, 0) is 0 Å². The Morgan fingerprint density at radius 1 is 1.54 bits per heavy atom. The summed E-state index contributed by atoms with van der Waals surface area (Å²) in [5, 5.41) is 8.32. The minimum atomic E-state index is -1.02. The summed E-state index contributed by atoms with van der Waals surface area (Å²) in [4.78, 5) is 21.0. The maximum absolute atomic E-state index is 10.9. The number of hydrogen-bond acceptors (Lipinski definition) is 4. The van der Waals surface area contributed by atoms with Gasteiger partial charge in [-0.25, -0.2) is 0 Å². The molecule has 0 aromatic carbocycles. The van der Waals surface area contributed by atoms with E-state index in [1.54, 1.807) is 0 Å². The van der Waals surface area contributed by atoms with Crippen LogP contribution in [0.15, 0.2) is 12.7 Å². The summed E-state index contributed by atoms with van der Waals surface area (Å²) < 4.78 is 4.61. The largest absolute Gasteiger partial charge is 0.481 e. The smallest absolute Gasteiger partial charge is 0.307 e. The molecule has 0 saturated carbocycles. The number of carbonyl (C=O) groups is 2. The van der Waals surface area contributed by atoms with Crippen LogP contribution in [0.25, 0.3) is 0 Å². The fourth-order valence-electron chi connectivity index (χ4n) is 0.721. The molecule has 0 spiro atoms. The van der Waals surface area contributed by atoms with E-state index in [1.165, 1.54) is 6.08 Å². The van der Waals surface area contributed by atoms with Crippen LogP contribution in [-0.4, -0.2) is 29.7 Å². The van der Waals surface area contributed by atoms with Crippen molar-refractivity contribution in [3.8, 4) is 0 Å². The Hall–Kier alpha value is -1.36. The van der Waals surface area contributed by atoms with Gasteiger partial charge in [0, 0.05) is 6.04 Å². The first-order valence-corrected chi connectivity index (χ1v) is 3.80. The Morgan fingerprint density at radius 3 is 2.62 bits per heavy atom. The molecule has 0 aliphatic rings. The predicted octanol–water partition coefficient (Wildman–Crippen LogP) is -0.0923. The van der Waals surface area contributed by atoms with Crippen molar-refractivity contribution in [1.29, 1.82) is 0 Å². The number of ether oxygens (including phenoxy) is 1.